The Morgan fingerprint density at radius 2 is 2.27 bits per heavy atom. The van der Waals surface area contributed by atoms with E-state index in [2.05, 4.69) is 46.1 Å². The van der Waals surface area contributed by atoms with Crippen LogP contribution in [-0.2, 0) is 6.54 Å². The van der Waals surface area contributed by atoms with Crippen molar-refractivity contribution in [3.05, 3.63) is 55.0 Å². The van der Waals surface area contributed by atoms with Crippen LogP contribution in [0.5, 0.6) is 0 Å². The number of aliphatic imine (C=N–C) groups is 1. The predicted molar refractivity (Wildman–Crippen MR) is 89.0 cm³/mol. The quantitative estimate of drug-likeness (QED) is 0.485. The first-order valence-corrected chi connectivity index (χ1v) is 7.30. The molecule has 0 saturated heterocycles. The second kappa shape index (κ2) is 7.97. The molecule has 2 aromatic rings. The van der Waals surface area contributed by atoms with Crippen molar-refractivity contribution < 1.29 is 0 Å². The highest BCUT2D eigenvalue weighted by Crippen LogP contribution is 2.11. The minimum Gasteiger partial charge on any atom is -0.354 e. The molecule has 6 nitrogen and oxygen atoms in total. The summed E-state index contributed by atoms with van der Waals surface area (Å²) in [6.07, 6.45) is 7.17. The number of nitrogens with zero attached hydrogens (tertiary/aromatic N) is 4. The molecule has 0 amide bonds. The maximum Gasteiger partial charge on any atom is 0.192 e. The van der Waals surface area contributed by atoms with Gasteiger partial charge in [0.2, 0.25) is 0 Å². The summed E-state index contributed by atoms with van der Waals surface area (Å²) in [6, 6.07) is 6.09. The summed E-state index contributed by atoms with van der Waals surface area (Å²) in [5, 5.41) is 10.7. The van der Waals surface area contributed by atoms with Crippen LogP contribution in [0.15, 0.2) is 54.4 Å². The van der Waals surface area contributed by atoms with Crippen molar-refractivity contribution in [1.82, 2.24) is 25.4 Å². The first-order valence-electron chi connectivity index (χ1n) is 7.30. The van der Waals surface area contributed by atoms with Gasteiger partial charge in [0.05, 0.1) is 6.54 Å². The molecule has 6 heteroatoms. The van der Waals surface area contributed by atoms with Gasteiger partial charge in [-0.1, -0.05) is 12.1 Å². The number of rotatable bonds is 6. The van der Waals surface area contributed by atoms with Gasteiger partial charge < -0.3 is 10.6 Å². The molecule has 0 unspecified atom stereocenters. The summed E-state index contributed by atoms with van der Waals surface area (Å²) in [5.74, 6) is 1.55. The van der Waals surface area contributed by atoms with Gasteiger partial charge in [-0.25, -0.2) is 14.7 Å². The molecule has 0 atom stereocenters. The molecule has 0 spiro atoms. The van der Waals surface area contributed by atoms with Crippen molar-refractivity contribution in [3.63, 3.8) is 0 Å². The molecule has 22 heavy (non-hydrogen) atoms. The van der Waals surface area contributed by atoms with E-state index in [0.717, 1.165) is 17.3 Å². The fraction of sp³-hybridized carbons (Fsp3) is 0.312. The zero-order valence-corrected chi connectivity index (χ0v) is 13.0. The average Bonchev–Trinajstić information content (AvgIpc) is 3.04. The number of nitrogens with one attached hydrogen (secondary N) is 2. The lowest BCUT2D eigenvalue weighted by Gasteiger charge is -2.14. The largest absolute Gasteiger partial charge is 0.354 e. The molecule has 0 aliphatic rings. The number of hydrogen-bond acceptors (Lipinski definition) is 3. The van der Waals surface area contributed by atoms with E-state index < -0.39 is 0 Å². The van der Waals surface area contributed by atoms with Crippen LogP contribution in [0, 0.1) is 0 Å². The second-order valence-electron chi connectivity index (χ2n) is 5.07. The summed E-state index contributed by atoms with van der Waals surface area (Å²) >= 11 is 0. The highest BCUT2D eigenvalue weighted by Gasteiger charge is 2.06. The first kappa shape index (κ1) is 15.8. The zero-order chi connectivity index (χ0) is 15.8. The summed E-state index contributed by atoms with van der Waals surface area (Å²) in [6.45, 7) is 9.04. The maximum atomic E-state index is 4.61. The molecule has 116 valence electrons. The van der Waals surface area contributed by atoms with Gasteiger partial charge in [0.1, 0.15) is 0 Å². The molecule has 2 heterocycles. The van der Waals surface area contributed by atoms with E-state index in [1.54, 1.807) is 23.2 Å². The molecule has 0 aliphatic carbocycles. The van der Waals surface area contributed by atoms with E-state index in [9.17, 15) is 0 Å². The van der Waals surface area contributed by atoms with Crippen LogP contribution in [0.3, 0.4) is 0 Å². The Bertz CT molecular complexity index is 615. The van der Waals surface area contributed by atoms with Crippen LogP contribution < -0.4 is 10.6 Å². The van der Waals surface area contributed by atoms with Gasteiger partial charge in [-0.05, 0) is 26.0 Å². The van der Waals surface area contributed by atoms with Crippen molar-refractivity contribution in [2.24, 2.45) is 4.99 Å². The molecule has 0 saturated carbocycles. The normalized spacial score (nSPS) is 11.5. The van der Waals surface area contributed by atoms with Gasteiger partial charge >= 0.3 is 0 Å². The maximum absolute atomic E-state index is 4.61. The summed E-state index contributed by atoms with van der Waals surface area (Å²) in [4.78, 5) is 9.00. The van der Waals surface area contributed by atoms with Crippen LogP contribution in [-0.4, -0.2) is 33.3 Å². The number of guanidine groups is 1. The molecule has 0 aliphatic heterocycles. The summed E-state index contributed by atoms with van der Waals surface area (Å²) in [5.41, 5.74) is 1.01. The fourth-order valence-electron chi connectivity index (χ4n) is 1.91. The van der Waals surface area contributed by atoms with Gasteiger partial charge in [-0.3, -0.25) is 0 Å². The molecule has 2 rings (SSSR count). The van der Waals surface area contributed by atoms with Gasteiger partial charge in [0.25, 0.3) is 0 Å². The lowest BCUT2D eigenvalue weighted by Crippen LogP contribution is -2.41. The van der Waals surface area contributed by atoms with Crippen molar-refractivity contribution >= 4 is 5.96 Å². The highest BCUT2D eigenvalue weighted by atomic mass is 15.3. The third-order valence-electron chi connectivity index (χ3n) is 2.84. The van der Waals surface area contributed by atoms with E-state index in [1.807, 2.05) is 24.4 Å². The molecule has 0 bridgehead atoms. The molecule has 0 fully saturated rings. The smallest absolute Gasteiger partial charge is 0.192 e. The average molecular weight is 298 g/mol. The fourth-order valence-corrected chi connectivity index (χ4v) is 1.91. The van der Waals surface area contributed by atoms with E-state index in [4.69, 9.17) is 0 Å². The summed E-state index contributed by atoms with van der Waals surface area (Å²) < 4.78 is 1.75. The first-order chi connectivity index (χ1) is 10.7. The van der Waals surface area contributed by atoms with E-state index in [0.29, 0.717) is 19.1 Å². The molecule has 2 N–H and O–H groups in total. The number of pyridine rings is 1. The third-order valence-corrected chi connectivity index (χ3v) is 2.84. The zero-order valence-electron chi connectivity index (χ0n) is 13.0. The third kappa shape index (κ3) is 4.44. The van der Waals surface area contributed by atoms with Gasteiger partial charge in [0, 0.05) is 36.7 Å². The minimum absolute atomic E-state index is 0.301. The Balaban J connectivity index is 2.18. The highest BCUT2D eigenvalue weighted by molar-refractivity contribution is 5.80. The molecular weight excluding hydrogens is 276 g/mol. The number of hydrogen-bond donors (Lipinski definition) is 2. The molecule has 0 aromatic carbocycles. The van der Waals surface area contributed by atoms with Crippen LogP contribution in [0.25, 0.3) is 5.82 Å². The predicted octanol–water partition coefficient (Wildman–Crippen LogP) is 1.90. The Morgan fingerprint density at radius 3 is 2.95 bits per heavy atom. The molecular formula is C16H22N6. The van der Waals surface area contributed by atoms with Crippen molar-refractivity contribution in [1.29, 1.82) is 0 Å². The van der Waals surface area contributed by atoms with Crippen molar-refractivity contribution in [3.8, 4) is 5.82 Å². The SMILES string of the molecule is C=CCNC(=NCc1cccnc1-n1cccn1)NC(C)C. The van der Waals surface area contributed by atoms with Gasteiger partial charge in [-0.2, -0.15) is 5.10 Å². The lowest BCUT2D eigenvalue weighted by molar-refractivity contribution is 0.704. The van der Waals surface area contributed by atoms with Gasteiger partial charge in [-0.15, -0.1) is 6.58 Å². The van der Waals surface area contributed by atoms with Crippen LogP contribution in [0.2, 0.25) is 0 Å². The lowest BCUT2D eigenvalue weighted by atomic mass is 10.2. The Kier molecular flexibility index (Phi) is 5.71. The number of aromatic nitrogens is 3. The van der Waals surface area contributed by atoms with Gasteiger partial charge in [0.15, 0.2) is 11.8 Å². The molecule has 0 radical (unpaired) electrons. The second-order valence-corrected chi connectivity index (χ2v) is 5.07. The van der Waals surface area contributed by atoms with Crippen LogP contribution in [0.1, 0.15) is 19.4 Å². The van der Waals surface area contributed by atoms with E-state index in [1.165, 1.54) is 0 Å². The van der Waals surface area contributed by atoms with Crippen LogP contribution in [0.4, 0.5) is 0 Å². The standard InChI is InChI=1S/C16H22N6/c1-4-8-18-16(21-13(2)3)19-12-14-7-5-9-17-15(14)22-11-6-10-20-22/h4-7,9-11,13H,1,8,12H2,2-3H3,(H2,18,19,21). The Labute approximate surface area is 131 Å². The van der Waals surface area contributed by atoms with E-state index in [-0.39, 0.29) is 0 Å². The molecule has 2 aromatic heterocycles. The van der Waals surface area contributed by atoms with Crippen molar-refractivity contribution in [2.45, 2.75) is 26.4 Å². The minimum atomic E-state index is 0.301. The van der Waals surface area contributed by atoms with Crippen molar-refractivity contribution in [2.75, 3.05) is 6.54 Å². The Hall–Kier alpha value is -2.63. The van der Waals surface area contributed by atoms with Crippen LogP contribution >= 0.6 is 0 Å². The summed E-state index contributed by atoms with van der Waals surface area (Å²) in [7, 11) is 0. The van der Waals surface area contributed by atoms with E-state index >= 15 is 0 Å². The topological polar surface area (TPSA) is 67.1 Å². The Morgan fingerprint density at radius 1 is 1.41 bits per heavy atom. The monoisotopic (exact) mass is 298 g/mol.